The Balaban J connectivity index is 1.60. The van der Waals surface area contributed by atoms with Crippen LogP contribution in [0.1, 0.15) is 81.1 Å². The van der Waals surface area contributed by atoms with Gasteiger partial charge >= 0.3 is 0 Å². The molecule has 0 radical (unpaired) electrons. The third-order valence-electron chi connectivity index (χ3n) is 6.11. The molecule has 31 heavy (non-hydrogen) atoms. The van der Waals surface area contributed by atoms with Crippen LogP contribution in [0.3, 0.4) is 0 Å². The van der Waals surface area contributed by atoms with Crippen LogP contribution in [-0.2, 0) is 0 Å². The molecule has 1 unspecified atom stereocenters. The molecule has 1 aliphatic carbocycles. The molecule has 2 nitrogen and oxygen atoms in total. The smallest absolute Gasteiger partial charge is 0.200 e. The molecule has 0 heterocycles. The Morgan fingerprint density at radius 3 is 2.42 bits per heavy atom. The predicted octanol–water partition coefficient (Wildman–Crippen LogP) is 7.32. The number of hydrogen-bond acceptors (Lipinski definition) is 2. The summed E-state index contributed by atoms with van der Waals surface area (Å²) in [4.78, 5) is 0. The van der Waals surface area contributed by atoms with Gasteiger partial charge < -0.3 is 9.84 Å². The lowest BCUT2D eigenvalue weighted by Gasteiger charge is -2.27. The molecule has 1 N–H and O–H groups in total. The molecule has 3 rings (SSSR count). The average molecular weight is 433 g/mol. The quantitative estimate of drug-likeness (QED) is 0.473. The van der Waals surface area contributed by atoms with Crippen molar-refractivity contribution in [1.29, 1.82) is 0 Å². The van der Waals surface area contributed by atoms with E-state index in [9.17, 15) is 18.3 Å². The van der Waals surface area contributed by atoms with Crippen molar-refractivity contribution in [2.75, 3.05) is 6.61 Å². The second kappa shape index (κ2) is 10.9. The summed E-state index contributed by atoms with van der Waals surface area (Å²) in [6.07, 6.45) is 7.78. The highest BCUT2D eigenvalue weighted by Crippen LogP contribution is 2.39. The zero-order valence-corrected chi connectivity index (χ0v) is 18.2. The Morgan fingerprint density at radius 1 is 1.03 bits per heavy atom. The Kier molecular flexibility index (Phi) is 8.19. The maximum Gasteiger partial charge on any atom is 0.200 e. The van der Waals surface area contributed by atoms with Crippen LogP contribution in [0.5, 0.6) is 5.75 Å². The lowest BCUT2D eigenvalue weighted by atomic mass is 9.78. The molecule has 0 aliphatic heterocycles. The van der Waals surface area contributed by atoms with E-state index in [0.29, 0.717) is 23.1 Å². The minimum absolute atomic E-state index is 0.0223. The van der Waals surface area contributed by atoms with Crippen molar-refractivity contribution < 1.29 is 23.0 Å². The molecule has 0 saturated heterocycles. The number of ether oxygens (including phenoxy) is 1. The highest BCUT2D eigenvalue weighted by Gasteiger charge is 2.26. The Bertz CT molecular complexity index is 902. The van der Waals surface area contributed by atoms with Crippen LogP contribution < -0.4 is 4.74 Å². The zero-order chi connectivity index (χ0) is 22.4. The minimum Gasteiger partial charge on any atom is -0.491 e. The molecule has 0 amide bonds. The van der Waals surface area contributed by atoms with E-state index in [1.807, 2.05) is 13.0 Å². The topological polar surface area (TPSA) is 29.5 Å². The van der Waals surface area contributed by atoms with Gasteiger partial charge in [0.1, 0.15) is 5.82 Å². The van der Waals surface area contributed by atoms with Crippen LogP contribution in [0.25, 0.3) is 6.08 Å². The molecular formula is C26H31F3O2. The summed E-state index contributed by atoms with van der Waals surface area (Å²) >= 11 is 0. The van der Waals surface area contributed by atoms with Crippen molar-refractivity contribution in [2.45, 2.75) is 64.4 Å². The van der Waals surface area contributed by atoms with E-state index in [2.05, 4.69) is 0 Å². The lowest BCUT2D eigenvalue weighted by Crippen LogP contribution is -2.14. The van der Waals surface area contributed by atoms with Gasteiger partial charge in [-0.2, -0.15) is 4.39 Å². The maximum absolute atomic E-state index is 14.5. The first-order chi connectivity index (χ1) is 14.9. The molecular weight excluding hydrogens is 401 g/mol. The van der Waals surface area contributed by atoms with Gasteiger partial charge in [-0.05, 0) is 74.1 Å². The number of aliphatic hydroxyl groups excluding tert-OH is 1. The fourth-order valence-corrected chi connectivity index (χ4v) is 4.32. The van der Waals surface area contributed by atoms with E-state index in [1.165, 1.54) is 12.1 Å². The average Bonchev–Trinajstić information content (AvgIpc) is 2.77. The largest absolute Gasteiger partial charge is 0.491 e. The summed E-state index contributed by atoms with van der Waals surface area (Å²) in [5.74, 6) is -1.86. The van der Waals surface area contributed by atoms with Crippen LogP contribution >= 0.6 is 0 Å². The fourth-order valence-electron chi connectivity index (χ4n) is 4.32. The van der Waals surface area contributed by atoms with Crippen LogP contribution in [0.4, 0.5) is 13.2 Å². The normalized spacial score (nSPS) is 20.2. The highest BCUT2D eigenvalue weighted by atomic mass is 19.2. The molecule has 1 atom stereocenters. The summed E-state index contributed by atoms with van der Waals surface area (Å²) in [5.41, 5.74) is 1.51. The molecule has 1 fully saturated rings. The fraction of sp³-hybridized carbons (Fsp3) is 0.462. The Morgan fingerprint density at radius 2 is 1.77 bits per heavy atom. The van der Waals surface area contributed by atoms with Crippen molar-refractivity contribution in [1.82, 2.24) is 0 Å². The number of halogens is 3. The molecule has 1 aliphatic rings. The van der Waals surface area contributed by atoms with Gasteiger partial charge in [-0.1, -0.05) is 43.7 Å². The van der Waals surface area contributed by atoms with Crippen LogP contribution in [0.2, 0.25) is 0 Å². The van der Waals surface area contributed by atoms with Crippen molar-refractivity contribution in [3.05, 3.63) is 70.5 Å². The lowest BCUT2D eigenvalue weighted by molar-refractivity contribution is 0.166. The van der Waals surface area contributed by atoms with E-state index in [-0.39, 0.29) is 30.0 Å². The van der Waals surface area contributed by atoms with Gasteiger partial charge in [0.15, 0.2) is 11.6 Å². The van der Waals surface area contributed by atoms with Crippen LogP contribution in [0.15, 0.2) is 36.4 Å². The number of benzene rings is 2. The Labute approximate surface area is 182 Å². The van der Waals surface area contributed by atoms with Gasteiger partial charge in [-0.25, -0.2) is 8.78 Å². The first kappa shape index (κ1) is 23.4. The monoisotopic (exact) mass is 432 g/mol. The summed E-state index contributed by atoms with van der Waals surface area (Å²) in [7, 11) is 0. The standard InChI is InChI=1S/C26H31F3O2/c1-3-5-23(30)20-13-12-19(22(27)16-20)11-8-17-6-9-18(10-7-17)21-14-15-24(31-4-2)26(29)25(21)28/h8,11-18,23,30H,3-7,9-10H2,1-2H3/b11-8+. The van der Waals surface area contributed by atoms with Gasteiger partial charge in [0, 0.05) is 5.56 Å². The predicted molar refractivity (Wildman–Crippen MR) is 118 cm³/mol. The molecule has 168 valence electrons. The number of rotatable bonds is 8. The van der Waals surface area contributed by atoms with Crippen molar-refractivity contribution >= 4 is 6.08 Å². The molecule has 5 heteroatoms. The number of allylic oxidation sites excluding steroid dienone is 1. The Hall–Kier alpha value is -2.27. The van der Waals surface area contributed by atoms with Gasteiger partial charge in [0.2, 0.25) is 5.82 Å². The van der Waals surface area contributed by atoms with E-state index in [0.717, 1.165) is 32.1 Å². The molecule has 0 aromatic heterocycles. The molecule has 2 aromatic carbocycles. The summed E-state index contributed by atoms with van der Waals surface area (Å²) < 4.78 is 48.2. The van der Waals surface area contributed by atoms with Crippen LogP contribution in [-0.4, -0.2) is 11.7 Å². The molecule has 2 aromatic rings. The van der Waals surface area contributed by atoms with Crippen molar-refractivity contribution in [2.24, 2.45) is 5.92 Å². The third kappa shape index (κ3) is 5.70. The second-order valence-corrected chi connectivity index (χ2v) is 8.27. The SMILES string of the molecule is CCCC(O)c1ccc(/C=C/C2CCC(c3ccc(OCC)c(F)c3F)CC2)c(F)c1. The number of aliphatic hydroxyl groups is 1. The summed E-state index contributed by atoms with van der Waals surface area (Å²) in [5, 5.41) is 10.0. The zero-order valence-electron chi connectivity index (χ0n) is 18.2. The van der Waals surface area contributed by atoms with Gasteiger partial charge in [0.25, 0.3) is 0 Å². The van der Waals surface area contributed by atoms with Crippen molar-refractivity contribution in [3.8, 4) is 5.75 Å². The van der Waals surface area contributed by atoms with E-state index < -0.39 is 17.7 Å². The van der Waals surface area contributed by atoms with Gasteiger partial charge in [-0.3, -0.25) is 0 Å². The van der Waals surface area contributed by atoms with E-state index in [1.54, 1.807) is 31.2 Å². The number of hydrogen-bond donors (Lipinski definition) is 1. The highest BCUT2D eigenvalue weighted by molar-refractivity contribution is 5.51. The van der Waals surface area contributed by atoms with Crippen molar-refractivity contribution in [3.63, 3.8) is 0 Å². The van der Waals surface area contributed by atoms with Gasteiger partial charge in [-0.15, -0.1) is 0 Å². The first-order valence-electron chi connectivity index (χ1n) is 11.2. The third-order valence-corrected chi connectivity index (χ3v) is 6.11. The van der Waals surface area contributed by atoms with Gasteiger partial charge in [0.05, 0.1) is 12.7 Å². The van der Waals surface area contributed by atoms with E-state index >= 15 is 0 Å². The van der Waals surface area contributed by atoms with E-state index in [4.69, 9.17) is 4.74 Å². The van der Waals surface area contributed by atoms with Crippen LogP contribution in [0, 0.1) is 23.4 Å². The maximum atomic E-state index is 14.5. The minimum atomic E-state index is -0.913. The molecule has 1 saturated carbocycles. The molecule has 0 bridgehead atoms. The first-order valence-corrected chi connectivity index (χ1v) is 11.2. The summed E-state index contributed by atoms with van der Waals surface area (Å²) in [6.45, 7) is 4.00. The summed E-state index contributed by atoms with van der Waals surface area (Å²) in [6, 6.07) is 8.01. The molecule has 0 spiro atoms. The second-order valence-electron chi connectivity index (χ2n) is 8.27.